The van der Waals surface area contributed by atoms with Gasteiger partial charge in [-0.25, -0.2) is 9.59 Å². The van der Waals surface area contributed by atoms with Crippen LogP contribution < -0.4 is 5.32 Å². The fourth-order valence-electron chi connectivity index (χ4n) is 2.25. The number of carboxylic acid groups (broad SMARTS) is 1. The number of carbonyl (C=O) groups is 2. The zero-order valence-electron chi connectivity index (χ0n) is 12.3. The number of nitrogens with one attached hydrogen (secondary N) is 1. The fraction of sp³-hybridized carbons (Fsp3) is 0.714. The third-order valence-electron chi connectivity index (χ3n) is 3.81. The summed E-state index contributed by atoms with van der Waals surface area (Å²) in [7, 11) is 0. The lowest BCUT2D eigenvalue weighted by molar-refractivity contribution is -0.139. The Kier molecular flexibility index (Phi) is 6.51. The zero-order valence-corrected chi connectivity index (χ0v) is 12.3. The van der Waals surface area contributed by atoms with E-state index in [1.165, 1.54) is 6.08 Å². The van der Waals surface area contributed by atoms with Crippen molar-refractivity contribution in [1.29, 1.82) is 0 Å². The fourth-order valence-corrected chi connectivity index (χ4v) is 2.25. The number of amides is 2. The monoisotopic (exact) mass is 283 g/mol. The van der Waals surface area contributed by atoms with E-state index in [9.17, 15) is 9.59 Å². The summed E-state index contributed by atoms with van der Waals surface area (Å²) in [5.74, 6) is -1.03. The molecule has 2 N–H and O–H groups in total. The SMILES string of the molecule is C=CCC(NC(=O)N1CCN(C(C)CC)CC1)C(=O)O. The highest BCUT2D eigenvalue weighted by Gasteiger charge is 2.26. The second kappa shape index (κ2) is 7.89. The third kappa shape index (κ3) is 4.52. The molecule has 0 bridgehead atoms. The molecule has 0 aromatic heterocycles. The van der Waals surface area contributed by atoms with Crippen LogP contribution in [0.3, 0.4) is 0 Å². The molecule has 1 heterocycles. The summed E-state index contributed by atoms with van der Waals surface area (Å²) in [6.45, 7) is 10.8. The van der Waals surface area contributed by atoms with Gasteiger partial charge in [0.05, 0.1) is 0 Å². The van der Waals surface area contributed by atoms with Crippen LogP contribution in [0.1, 0.15) is 26.7 Å². The number of rotatable bonds is 6. The van der Waals surface area contributed by atoms with Crippen LogP contribution in [0.5, 0.6) is 0 Å². The predicted molar refractivity (Wildman–Crippen MR) is 77.7 cm³/mol. The predicted octanol–water partition coefficient (Wildman–Crippen LogP) is 1.14. The van der Waals surface area contributed by atoms with Crippen molar-refractivity contribution >= 4 is 12.0 Å². The van der Waals surface area contributed by atoms with E-state index in [-0.39, 0.29) is 12.5 Å². The molecule has 1 aliphatic heterocycles. The molecule has 6 heteroatoms. The highest BCUT2D eigenvalue weighted by molar-refractivity contribution is 5.82. The van der Waals surface area contributed by atoms with Gasteiger partial charge in [-0.1, -0.05) is 13.0 Å². The van der Waals surface area contributed by atoms with Crippen molar-refractivity contribution in [3.05, 3.63) is 12.7 Å². The molecule has 0 radical (unpaired) electrons. The molecule has 1 fully saturated rings. The molecule has 2 amide bonds. The van der Waals surface area contributed by atoms with Crippen LogP contribution in [0.2, 0.25) is 0 Å². The lowest BCUT2D eigenvalue weighted by atomic mass is 10.2. The molecule has 1 rings (SSSR count). The van der Waals surface area contributed by atoms with Gasteiger partial charge in [-0.05, 0) is 19.8 Å². The van der Waals surface area contributed by atoms with Gasteiger partial charge in [-0.15, -0.1) is 6.58 Å². The second-order valence-corrected chi connectivity index (χ2v) is 5.14. The van der Waals surface area contributed by atoms with Crippen LogP contribution in [0.15, 0.2) is 12.7 Å². The molecular weight excluding hydrogens is 258 g/mol. The van der Waals surface area contributed by atoms with E-state index in [1.807, 2.05) is 0 Å². The van der Waals surface area contributed by atoms with Crippen LogP contribution in [0.4, 0.5) is 4.79 Å². The summed E-state index contributed by atoms with van der Waals surface area (Å²) < 4.78 is 0. The van der Waals surface area contributed by atoms with Gasteiger partial charge in [-0.3, -0.25) is 4.90 Å². The molecular formula is C14H25N3O3. The lowest BCUT2D eigenvalue weighted by Gasteiger charge is -2.38. The number of aliphatic carboxylic acids is 1. The van der Waals surface area contributed by atoms with Gasteiger partial charge in [0.15, 0.2) is 0 Å². The molecule has 0 aromatic carbocycles. The van der Waals surface area contributed by atoms with Gasteiger partial charge >= 0.3 is 12.0 Å². The Morgan fingerprint density at radius 1 is 1.35 bits per heavy atom. The van der Waals surface area contributed by atoms with Gasteiger partial charge in [-0.2, -0.15) is 0 Å². The Balaban J connectivity index is 2.46. The van der Waals surface area contributed by atoms with Gasteiger partial charge in [0, 0.05) is 32.2 Å². The van der Waals surface area contributed by atoms with Crippen LogP contribution in [-0.4, -0.2) is 65.2 Å². The Labute approximate surface area is 120 Å². The van der Waals surface area contributed by atoms with Crippen molar-refractivity contribution in [1.82, 2.24) is 15.1 Å². The normalized spacial score (nSPS) is 19.2. The summed E-state index contributed by atoms with van der Waals surface area (Å²) in [5, 5.41) is 11.6. The van der Waals surface area contributed by atoms with E-state index in [0.29, 0.717) is 19.1 Å². The standard InChI is InChI=1S/C14H25N3O3/c1-4-6-12(13(18)19)15-14(20)17-9-7-16(8-10-17)11(3)5-2/h4,11-12H,1,5-10H2,2-3H3,(H,15,20)(H,18,19). The molecule has 0 aliphatic carbocycles. The Bertz CT molecular complexity index is 352. The molecule has 2 atom stereocenters. The van der Waals surface area contributed by atoms with Crippen molar-refractivity contribution in [3.63, 3.8) is 0 Å². The summed E-state index contributed by atoms with van der Waals surface area (Å²) >= 11 is 0. The largest absolute Gasteiger partial charge is 0.480 e. The van der Waals surface area contributed by atoms with Crippen LogP contribution in [0, 0.1) is 0 Å². The number of hydrogen-bond donors (Lipinski definition) is 2. The van der Waals surface area contributed by atoms with Gasteiger partial charge in [0.1, 0.15) is 6.04 Å². The highest BCUT2D eigenvalue weighted by atomic mass is 16.4. The van der Waals surface area contributed by atoms with Crippen molar-refractivity contribution < 1.29 is 14.7 Å². The van der Waals surface area contributed by atoms with E-state index >= 15 is 0 Å². The minimum absolute atomic E-state index is 0.230. The average Bonchev–Trinajstić information content (AvgIpc) is 2.45. The summed E-state index contributed by atoms with van der Waals surface area (Å²) in [5.41, 5.74) is 0. The molecule has 1 saturated heterocycles. The number of nitrogens with zero attached hydrogens (tertiary/aromatic N) is 2. The highest BCUT2D eigenvalue weighted by Crippen LogP contribution is 2.09. The van der Waals surface area contributed by atoms with Crippen LogP contribution in [-0.2, 0) is 4.79 Å². The molecule has 20 heavy (non-hydrogen) atoms. The summed E-state index contributed by atoms with van der Waals surface area (Å²) in [6.07, 6.45) is 2.82. The maximum atomic E-state index is 12.0. The van der Waals surface area contributed by atoms with E-state index in [0.717, 1.165) is 19.5 Å². The second-order valence-electron chi connectivity index (χ2n) is 5.14. The smallest absolute Gasteiger partial charge is 0.326 e. The molecule has 1 aliphatic rings. The molecule has 6 nitrogen and oxygen atoms in total. The van der Waals surface area contributed by atoms with Crippen LogP contribution >= 0.6 is 0 Å². The topological polar surface area (TPSA) is 72.9 Å². The summed E-state index contributed by atoms with van der Waals surface area (Å²) in [6, 6.07) is -0.677. The maximum Gasteiger partial charge on any atom is 0.326 e. The number of hydrogen-bond acceptors (Lipinski definition) is 3. The molecule has 0 spiro atoms. The van der Waals surface area contributed by atoms with Gasteiger partial charge < -0.3 is 15.3 Å². The number of piperazine rings is 1. The Hall–Kier alpha value is -1.56. The first-order valence-corrected chi connectivity index (χ1v) is 7.12. The van der Waals surface area contributed by atoms with Crippen LogP contribution in [0.25, 0.3) is 0 Å². The Morgan fingerprint density at radius 2 is 1.95 bits per heavy atom. The molecule has 0 aromatic rings. The van der Waals surface area contributed by atoms with E-state index in [4.69, 9.17) is 5.11 Å². The third-order valence-corrected chi connectivity index (χ3v) is 3.81. The first-order valence-electron chi connectivity index (χ1n) is 7.12. The van der Waals surface area contributed by atoms with Crippen molar-refractivity contribution in [2.45, 2.75) is 38.8 Å². The molecule has 2 unspecified atom stereocenters. The summed E-state index contributed by atoms with van der Waals surface area (Å²) in [4.78, 5) is 27.1. The Morgan fingerprint density at radius 3 is 2.40 bits per heavy atom. The quantitative estimate of drug-likeness (QED) is 0.717. The number of carbonyl (C=O) groups excluding carboxylic acids is 1. The first-order chi connectivity index (χ1) is 9.49. The van der Waals surface area contributed by atoms with E-state index < -0.39 is 12.0 Å². The minimum atomic E-state index is -1.03. The number of urea groups is 1. The van der Waals surface area contributed by atoms with Crippen molar-refractivity contribution in [3.8, 4) is 0 Å². The van der Waals surface area contributed by atoms with E-state index in [1.54, 1.807) is 4.90 Å². The average molecular weight is 283 g/mol. The zero-order chi connectivity index (χ0) is 15.1. The van der Waals surface area contributed by atoms with E-state index in [2.05, 4.69) is 30.6 Å². The minimum Gasteiger partial charge on any atom is -0.480 e. The molecule has 0 saturated carbocycles. The lowest BCUT2D eigenvalue weighted by Crippen LogP contribution is -2.55. The van der Waals surface area contributed by atoms with Gasteiger partial charge in [0.2, 0.25) is 0 Å². The maximum absolute atomic E-state index is 12.0. The number of carboxylic acids is 1. The first kappa shape index (κ1) is 16.5. The van der Waals surface area contributed by atoms with Crippen molar-refractivity contribution in [2.24, 2.45) is 0 Å². The van der Waals surface area contributed by atoms with Crippen molar-refractivity contribution in [2.75, 3.05) is 26.2 Å². The molecule has 114 valence electrons. The van der Waals surface area contributed by atoms with Gasteiger partial charge in [0.25, 0.3) is 0 Å².